The molecule has 0 aliphatic carbocycles. The van der Waals surface area contributed by atoms with E-state index in [0.717, 1.165) is 10.5 Å². The molecule has 6 nitrogen and oxygen atoms in total. The van der Waals surface area contributed by atoms with E-state index in [1.807, 2.05) is 32.9 Å². The van der Waals surface area contributed by atoms with E-state index in [1.165, 1.54) is 19.1 Å². The molecule has 0 heterocycles. The standard InChI is InChI=1S/C20H23N3O3/c1-13(24)23(15-11-9-14(21)10-12-15)19(26)18(25)22-17-8-6-5-7-16(17)20(2,3)4/h5-12H,21H2,1-4H3,(H,22,25). The van der Waals surface area contributed by atoms with Crippen LogP contribution in [0.4, 0.5) is 17.1 Å². The number of rotatable bonds is 2. The van der Waals surface area contributed by atoms with Crippen LogP contribution in [-0.2, 0) is 19.8 Å². The van der Waals surface area contributed by atoms with Crippen molar-refractivity contribution >= 4 is 34.8 Å². The van der Waals surface area contributed by atoms with Gasteiger partial charge in [0, 0.05) is 18.3 Å². The number of anilines is 3. The molecule has 26 heavy (non-hydrogen) atoms. The lowest BCUT2D eigenvalue weighted by Crippen LogP contribution is -2.43. The summed E-state index contributed by atoms with van der Waals surface area (Å²) < 4.78 is 0. The Morgan fingerprint density at radius 1 is 0.962 bits per heavy atom. The molecule has 0 saturated carbocycles. The van der Waals surface area contributed by atoms with Crippen molar-refractivity contribution in [1.29, 1.82) is 0 Å². The predicted molar refractivity (Wildman–Crippen MR) is 103 cm³/mol. The first kappa shape index (κ1) is 19.2. The lowest BCUT2D eigenvalue weighted by molar-refractivity contribution is -0.136. The Balaban J connectivity index is 2.30. The summed E-state index contributed by atoms with van der Waals surface area (Å²) in [6.45, 7) is 7.26. The number of carbonyl (C=O) groups is 3. The van der Waals surface area contributed by atoms with E-state index in [2.05, 4.69) is 5.32 Å². The van der Waals surface area contributed by atoms with Crippen LogP contribution in [0.25, 0.3) is 0 Å². The summed E-state index contributed by atoms with van der Waals surface area (Å²) >= 11 is 0. The first-order valence-corrected chi connectivity index (χ1v) is 8.22. The average Bonchev–Trinajstić information content (AvgIpc) is 2.56. The van der Waals surface area contributed by atoms with Crippen LogP contribution < -0.4 is 16.0 Å². The molecular weight excluding hydrogens is 330 g/mol. The van der Waals surface area contributed by atoms with E-state index < -0.39 is 17.7 Å². The number of benzene rings is 2. The number of hydrogen-bond donors (Lipinski definition) is 2. The third-order valence-corrected chi connectivity index (χ3v) is 3.85. The Morgan fingerprint density at radius 2 is 1.54 bits per heavy atom. The summed E-state index contributed by atoms with van der Waals surface area (Å²) in [5, 5.41) is 2.63. The molecule has 0 spiro atoms. The lowest BCUT2D eigenvalue weighted by Gasteiger charge is -2.24. The van der Waals surface area contributed by atoms with Crippen molar-refractivity contribution < 1.29 is 14.4 Å². The minimum Gasteiger partial charge on any atom is -0.399 e. The maximum atomic E-state index is 12.6. The molecule has 3 amide bonds. The summed E-state index contributed by atoms with van der Waals surface area (Å²) in [4.78, 5) is 37.9. The number of para-hydroxylation sites is 1. The van der Waals surface area contributed by atoms with Gasteiger partial charge in [0.1, 0.15) is 0 Å². The van der Waals surface area contributed by atoms with Crippen LogP contribution in [-0.4, -0.2) is 17.7 Å². The molecule has 0 aromatic heterocycles. The fourth-order valence-corrected chi connectivity index (χ4v) is 2.59. The third-order valence-electron chi connectivity index (χ3n) is 3.85. The number of nitrogen functional groups attached to an aromatic ring is 1. The van der Waals surface area contributed by atoms with Crippen molar-refractivity contribution in [2.45, 2.75) is 33.1 Å². The zero-order valence-electron chi connectivity index (χ0n) is 15.4. The maximum absolute atomic E-state index is 12.6. The lowest BCUT2D eigenvalue weighted by atomic mass is 9.86. The number of nitrogens with two attached hydrogens (primary N) is 1. The summed E-state index contributed by atoms with van der Waals surface area (Å²) in [5.74, 6) is -2.39. The van der Waals surface area contributed by atoms with Gasteiger partial charge in [-0.1, -0.05) is 39.0 Å². The van der Waals surface area contributed by atoms with Crippen molar-refractivity contribution in [3.05, 3.63) is 54.1 Å². The van der Waals surface area contributed by atoms with Crippen LogP contribution >= 0.6 is 0 Å². The van der Waals surface area contributed by atoms with Gasteiger partial charge < -0.3 is 11.1 Å². The molecule has 0 radical (unpaired) electrons. The van der Waals surface area contributed by atoms with Gasteiger partial charge in [-0.05, 0) is 41.3 Å². The van der Waals surface area contributed by atoms with Gasteiger partial charge in [-0.25, -0.2) is 4.90 Å². The van der Waals surface area contributed by atoms with E-state index in [-0.39, 0.29) is 11.1 Å². The first-order valence-electron chi connectivity index (χ1n) is 8.22. The van der Waals surface area contributed by atoms with Crippen LogP contribution in [0.3, 0.4) is 0 Å². The highest BCUT2D eigenvalue weighted by Gasteiger charge is 2.28. The zero-order chi connectivity index (χ0) is 19.5. The topological polar surface area (TPSA) is 92.5 Å². The van der Waals surface area contributed by atoms with Crippen LogP contribution in [0.15, 0.2) is 48.5 Å². The minimum absolute atomic E-state index is 0.218. The molecule has 0 aliphatic heterocycles. The number of carbonyl (C=O) groups excluding carboxylic acids is 3. The summed E-state index contributed by atoms with van der Waals surface area (Å²) in [7, 11) is 0. The van der Waals surface area contributed by atoms with Crippen molar-refractivity contribution in [2.75, 3.05) is 16.0 Å². The van der Waals surface area contributed by atoms with Gasteiger partial charge >= 0.3 is 11.8 Å². The number of nitrogens with one attached hydrogen (secondary N) is 1. The number of hydrogen-bond acceptors (Lipinski definition) is 4. The van der Waals surface area contributed by atoms with E-state index >= 15 is 0 Å². The third kappa shape index (κ3) is 4.27. The normalized spacial score (nSPS) is 10.9. The monoisotopic (exact) mass is 353 g/mol. The van der Waals surface area contributed by atoms with Gasteiger partial charge in [-0.2, -0.15) is 0 Å². The molecule has 6 heteroatoms. The molecule has 0 aliphatic rings. The van der Waals surface area contributed by atoms with E-state index in [4.69, 9.17) is 5.73 Å². The van der Waals surface area contributed by atoms with E-state index in [1.54, 1.807) is 24.3 Å². The summed E-state index contributed by atoms with van der Waals surface area (Å²) in [5.41, 5.74) is 7.63. The smallest absolute Gasteiger partial charge is 0.323 e. The molecule has 136 valence electrons. The minimum atomic E-state index is -0.953. The van der Waals surface area contributed by atoms with Crippen molar-refractivity contribution in [3.63, 3.8) is 0 Å². The molecular formula is C20H23N3O3. The highest BCUT2D eigenvalue weighted by atomic mass is 16.2. The fraction of sp³-hybridized carbons (Fsp3) is 0.250. The average molecular weight is 353 g/mol. The highest BCUT2D eigenvalue weighted by molar-refractivity contribution is 6.48. The Morgan fingerprint density at radius 3 is 2.08 bits per heavy atom. The first-order chi connectivity index (χ1) is 12.1. The number of nitrogens with zero attached hydrogens (tertiary/aromatic N) is 1. The van der Waals surface area contributed by atoms with Gasteiger partial charge in [0.25, 0.3) is 0 Å². The largest absolute Gasteiger partial charge is 0.399 e. The SMILES string of the molecule is CC(=O)N(C(=O)C(=O)Nc1ccccc1C(C)(C)C)c1ccc(N)cc1. The Hall–Kier alpha value is -3.15. The molecule has 0 fully saturated rings. The zero-order valence-corrected chi connectivity index (χ0v) is 15.4. The molecule has 0 bridgehead atoms. The Bertz CT molecular complexity index is 836. The molecule has 2 rings (SSSR count). The second kappa shape index (κ2) is 7.39. The van der Waals surface area contributed by atoms with Crippen molar-refractivity contribution in [2.24, 2.45) is 0 Å². The quantitative estimate of drug-likeness (QED) is 0.641. The van der Waals surface area contributed by atoms with Crippen LogP contribution in [0.5, 0.6) is 0 Å². The molecule has 0 atom stereocenters. The molecule has 0 saturated heterocycles. The number of imide groups is 1. The van der Waals surface area contributed by atoms with Gasteiger partial charge in [0.05, 0.1) is 5.69 Å². The van der Waals surface area contributed by atoms with Gasteiger partial charge in [-0.3, -0.25) is 14.4 Å². The molecule has 2 aromatic carbocycles. The van der Waals surface area contributed by atoms with Gasteiger partial charge in [0.2, 0.25) is 5.91 Å². The number of amides is 3. The van der Waals surface area contributed by atoms with Crippen LogP contribution in [0.2, 0.25) is 0 Å². The molecule has 3 N–H and O–H groups in total. The Kier molecular flexibility index (Phi) is 5.45. The predicted octanol–water partition coefficient (Wildman–Crippen LogP) is 3.08. The van der Waals surface area contributed by atoms with Crippen LogP contribution in [0, 0.1) is 0 Å². The highest BCUT2D eigenvalue weighted by Crippen LogP contribution is 2.29. The molecule has 2 aromatic rings. The molecule has 0 unspecified atom stereocenters. The van der Waals surface area contributed by atoms with Crippen molar-refractivity contribution in [3.8, 4) is 0 Å². The summed E-state index contributed by atoms with van der Waals surface area (Å²) in [6.07, 6.45) is 0. The fourth-order valence-electron chi connectivity index (χ4n) is 2.59. The van der Waals surface area contributed by atoms with Gasteiger partial charge in [0.15, 0.2) is 0 Å². The second-order valence-corrected chi connectivity index (χ2v) is 7.00. The summed E-state index contributed by atoms with van der Waals surface area (Å²) in [6, 6.07) is 13.4. The van der Waals surface area contributed by atoms with E-state index in [0.29, 0.717) is 11.4 Å². The van der Waals surface area contributed by atoms with E-state index in [9.17, 15) is 14.4 Å². The van der Waals surface area contributed by atoms with Crippen molar-refractivity contribution in [1.82, 2.24) is 0 Å². The van der Waals surface area contributed by atoms with Gasteiger partial charge in [-0.15, -0.1) is 0 Å². The second-order valence-electron chi connectivity index (χ2n) is 7.00. The van der Waals surface area contributed by atoms with Crippen LogP contribution in [0.1, 0.15) is 33.3 Å². The maximum Gasteiger partial charge on any atom is 0.323 e. The Labute approximate surface area is 153 Å².